The number of amides is 2. The Morgan fingerprint density at radius 1 is 0.800 bits per heavy atom. The van der Waals surface area contributed by atoms with Crippen molar-refractivity contribution in [1.29, 1.82) is 0 Å². The highest BCUT2D eigenvalue weighted by Crippen LogP contribution is 2.27. The summed E-state index contributed by atoms with van der Waals surface area (Å²) in [6.07, 6.45) is 0. The number of carbonyl (C=O) groups excluding carboxylic acids is 2. The highest BCUT2D eigenvalue weighted by atomic mass is 16.5. The minimum atomic E-state index is -0.416. The third-order valence-corrected chi connectivity index (χ3v) is 4.82. The first-order valence-electron chi connectivity index (χ1n) is 9.41. The minimum Gasteiger partial charge on any atom is -0.495 e. The zero-order valence-electron chi connectivity index (χ0n) is 16.6. The van der Waals surface area contributed by atoms with E-state index in [1.807, 2.05) is 37.3 Å². The number of para-hydroxylation sites is 4. The van der Waals surface area contributed by atoms with Crippen molar-refractivity contribution in [3.8, 4) is 5.75 Å². The first-order valence-corrected chi connectivity index (χ1v) is 9.41. The van der Waals surface area contributed by atoms with Gasteiger partial charge in [-0.2, -0.15) is 0 Å². The van der Waals surface area contributed by atoms with Gasteiger partial charge in [-0.25, -0.2) is 0 Å². The fourth-order valence-electron chi connectivity index (χ4n) is 3.30. The highest BCUT2D eigenvalue weighted by molar-refractivity contribution is 6.13. The van der Waals surface area contributed by atoms with Crippen LogP contribution in [0.25, 0.3) is 11.0 Å². The second-order valence-corrected chi connectivity index (χ2v) is 6.71. The summed E-state index contributed by atoms with van der Waals surface area (Å²) in [6.45, 7) is 1.83. The molecule has 1 aromatic heterocycles. The van der Waals surface area contributed by atoms with Gasteiger partial charge in [-0.3, -0.25) is 9.59 Å². The van der Waals surface area contributed by atoms with Crippen LogP contribution >= 0.6 is 0 Å². The number of furan rings is 1. The molecule has 0 fully saturated rings. The van der Waals surface area contributed by atoms with Gasteiger partial charge >= 0.3 is 0 Å². The predicted octanol–water partition coefficient (Wildman–Crippen LogP) is 5.25. The molecule has 30 heavy (non-hydrogen) atoms. The van der Waals surface area contributed by atoms with Gasteiger partial charge in [0.05, 0.1) is 24.0 Å². The molecule has 0 aliphatic carbocycles. The number of rotatable bonds is 5. The standard InChI is InChI=1S/C24H20N2O4/c1-15-16-9-4-7-13-20(16)30-22(15)24(28)25-18-11-5-3-10-17(18)23(27)26-19-12-6-8-14-21(19)29-2/h3-14H,1-2H3,(H,25,28)(H,26,27). The van der Waals surface area contributed by atoms with Crippen LogP contribution in [0, 0.1) is 6.92 Å². The second-order valence-electron chi connectivity index (χ2n) is 6.71. The Kier molecular flexibility index (Phi) is 5.22. The molecule has 6 nitrogen and oxygen atoms in total. The van der Waals surface area contributed by atoms with Gasteiger partial charge in [0.1, 0.15) is 11.3 Å². The number of fused-ring (bicyclic) bond motifs is 1. The molecule has 0 atom stereocenters. The minimum absolute atomic E-state index is 0.219. The summed E-state index contributed by atoms with van der Waals surface area (Å²) in [5.41, 5.74) is 2.64. The Bertz CT molecular complexity index is 1240. The average Bonchev–Trinajstić information content (AvgIpc) is 3.11. The lowest BCUT2D eigenvalue weighted by Gasteiger charge is -2.13. The van der Waals surface area contributed by atoms with Gasteiger partial charge in [-0.15, -0.1) is 0 Å². The molecule has 2 N–H and O–H groups in total. The zero-order chi connectivity index (χ0) is 21.1. The van der Waals surface area contributed by atoms with Gasteiger partial charge in [-0.05, 0) is 37.3 Å². The van der Waals surface area contributed by atoms with E-state index >= 15 is 0 Å². The van der Waals surface area contributed by atoms with Gasteiger partial charge < -0.3 is 19.8 Å². The number of benzene rings is 3. The summed E-state index contributed by atoms with van der Waals surface area (Å²) in [7, 11) is 1.54. The van der Waals surface area contributed by atoms with Crippen molar-refractivity contribution < 1.29 is 18.7 Å². The number of hydrogen-bond donors (Lipinski definition) is 2. The summed E-state index contributed by atoms with van der Waals surface area (Å²) in [6, 6.07) is 21.4. The Labute approximate surface area is 173 Å². The molecule has 0 bridgehead atoms. The van der Waals surface area contributed by atoms with E-state index in [1.165, 1.54) is 7.11 Å². The van der Waals surface area contributed by atoms with E-state index in [-0.39, 0.29) is 11.7 Å². The Morgan fingerprint density at radius 2 is 1.43 bits per heavy atom. The van der Waals surface area contributed by atoms with Crippen LogP contribution in [0.2, 0.25) is 0 Å². The number of carbonyl (C=O) groups is 2. The number of hydrogen-bond acceptors (Lipinski definition) is 4. The zero-order valence-corrected chi connectivity index (χ0v) is 16.6. The third-order valence-electron chi connectivity index (χ3n) is 4.82. The largest absolute Gasteiger partial charge is 0.495 e. The predicted molar refractivity (Wildman–Crippen MR) is 116 cm³/mol. The fraction of sp³-hybridized carbons (Fsp3) is 0.0833. The van der Waals surface area contributed by atoms with Crippen molar-refractivity contribution in [3.05, 3.63) is 89.7 Å². The quantitative estimate of drug-likeness (QED) is 0.479. The van der Waals surface area contributed by atoms with E-state index in [2.05, 4.69) is 10.6 Å². The summed E-state index contributed by atoms with van der Waals surface area (Å²) in [5.74, 6) is -0.0145. The molecule has 0 aliphatic heterocycles. The molecular weight excluding hydrogens is 380 g/mol. The molecule has 2 amide bonds. The Hall–Kier alpha value is -4.06. The lowest BCUT2D eigenvalue weighted by molar-refractivity contribution is 0.0998. The smallest absolute Gasteiger partial charge is 0.291 e. The van der Waals surface area contributed by atoms with Crippen molar-refractivity contribution in [2.75, 3.05) is 17.7 Å². The second kappa shape index (κ2) is 8.13. The van der Waals surface area contributed by atoms with Crippen LogP contribution in [-0.2, 0) is 0 Å². The van der Waals surface area contributed by atoms with Crippen molar-refractivity contribution in [3.63, 3.8) is 0 Å². The monoisotopic (exact) mass is 400 g/mol. The first-order chi connectivity index (χ1) is 14.6. The summed E-state index contributed by atoms with van der Waals surface area (Å²) in [5, 5.41) is 6.50. The summed E-state index contributed by atoms with van der Waals surface area (Å²) < 4.78 is 11.0. The lowest BCUT2D eigenvalue weighted by atomic mass is 10.1. The molecule has 0 saturated heterocycles. The topological polar surface area (TPSA) is 80.6 Å². The summed E-state index contributed by atoms with van der Waals surface area (Å²) in [4.78, 5) is 25.8. The molecule has 4 rings (SSSR count). The van der Waals surface area contributed by atoms with E-state index in [9.17, 15) is 9.59 Å². The Morgan fingerprint density at radius 3 is 2.20 bits per heavy atom. The van der Waals surface area contributed by atoms with Crippen LogP contribution in [0.3, 0.4) is 0 Å². The van der Waals surface area contributed by atoms with Gasteiger partial charge in [0, 0.05) is 10.9 Å². The first kappa shape index (κ1) is 19.3. The molecule has 0 unspecified atom stereocenters. The number of aryl methyl sites for hydroxylation is 1. The third kappa shape index (κ3) is 3.63. The maximum atomic E-state index is 12.9. The van der Waals surface area contributed by atoms with Crippen LogP contribution in [0.1, 0.15) is 26.5 Å². The molecular formula is C24H20N2O4. The van der Waals surface area contributed by atoms with Crippen LogP contribution < -0.4 is 15.4 Å². The van der Waals surface area contributed by atoms with Gasteiger partial charge in [0.2, 0.25) is 0 Å². The maximum Gasteiger partial charge on any atom is 0.291 e. The molecule has 4 aromatic rings. The van der Waals surface area contributed by atoms with Gasteiger partial charge in [-0.1, -0.05) is 42.5 Å². The SMILES string of the molecule is COc1ccccc1NC(=O)c1ccccc1NC(=O)c1oc2ccccc2c1C. The van der Waals surface area contributed by atoms with E-state index in [4.69, 9.17) is 9.15 Å². The highest BCUT2D eigenvalue weighted by Gasteiger charge is 2.20. The molecule has 0 aliphatic rings. The van der Waals surface area contributed by atoms with Gasteiger partial charge in [0.25, 0.3) is 11.8 Å². The number of methoxy groups -OCH3 is 1. The van der Waals surface area contributed by atoms with Crippen LogP contribution in [-0.4, -0.2) is 18.9 Å². The molecule has 3 aromatic carbocycles. The number of nitrogens with one attached hydrogen (secondary N) is 2. The van der Waals surface area contributed by atoms with Crippen LogP contribution in [0.4, 0.5) is 11.4 Å². The van der Waals surface area contributed by atoms with E-state index < -0.39 is 5.91 Å². The fourth-order valence-corrected chi connectivity index (χ4v) is 3.30. The van der Waals surface area contributed by atoms with Crippen molar-refractivity contribution >= 4 is 34.2 Å². The van der Waals surface area contributed by atoms with E-state index in [0.717, 1.165) is 10.9 Å². The Balaban J connectivity index is 1.60. The molecule has 150 valence electrons. The van der Waals surface area contributed by atoms with Crippen molar-refractivity contribution in [2.24, 2.45) is 0 Å². The van der Waals surface area contributed by atoms with Crippen LogP contribution in [0.15, 0.2) is 77.2 Å². The number of ether oxygens (including phenoxy) is 1. The van der Waals surface area contributed by atoms with E-state index in [0.29, 0.717) is 28.3 Å². The van der Waals surface area contributed by atoms with Crippen LogP contribution in [0.5, 0.6) is 5.75 Å². The van der Waals surface area contributed by atoms with Crippen molar-refractivity contribution in [2.45, 2.75) is 6.92 Å². The van der Waals surface area contributed by atoms with Crippen molar-refractivity contribution in [1.82, 2.24) is 0 Å². The molecule has 0 spiro atoms. The lowest BCUT2D eigenvalue weighted by Crippen LogP contribution is -2.18. The summed E-state index contributed by atoms with van der Waals surface area (Å²) >= 11 is 0. The van der Waals surface area contributed by atoms with E-state index in [1.54, 1.807) is 42.5 Å². The number of anilines is 2. The maximum absolute atomic E-state index is 12.9. The van der Waals surface area contributed by atoms with Gasteiger partial charge in [0.15, 0.2) is 5.76 Å². The molecule has 6 heteroatoms. The molecule has 0 saturated carbocycles. The molecule has 0 radical (unpaired) electrons. The average molecular weight is 400 g/mol. The molecule has 1 heterocycles. The normalized spacial score (nSPS) is 10.6.